The number of hydrogen-bond acceptors (Lipinski definition) is 4. The van der Waals surface area contributed by atoms with Crippen molar-refractivity contribution in [3.63, 3.8) is 0 Å². The average Bonchev–Trinajstić information content (AvgIpc) is 3.12. The Kier molecular flexibility index (Phi) is 4.24. The standard InChI is InChI=1S/C21H18F2N6O2/c1-9-16(12-6-25-28-19(12)17(18(9)23)21(31)24-2)10-3-4-15-26-14(8-29(15)7-10)27-20(30)11-5-13(11)22/h3-4,6-8,11,13H,5H2,1-2H3,(H,24,31)(H,25,28)(H,27,30)/t11-,13+/m1/s1. The minimum Gasteiger partial charge on any atom is -0.355 e. The lowest BCUT2D eigenvalue weighted by Gasteiger charge is -2.13. The van der Waals surface area contributed by atoms with Crippen LogP contribution >= 0.6 is 0 Å². The average molecular weight is 424 g/mol. The molecule has 0 saturated heterocycles. The highest BCUT2D eigenvalue weighted by molar-refractivity contribution is 6.10. The lowest BCUT2D eigenvalue weighted by Crippen LogP contribution is -2.20. The molecule has 1 fully saturated rings. The Morgan fingerprint density at radius 3 is 2.77 bits per heavy atom. The fourth-order valence-electron chi connectivity index (χ4n) is 3.84. The number of halogens is 2. The predicted molar refractivity (Wildman–Crippen MR) is 110 cm³/mol. The number of hydrogen-bond donors (Lipinski definition) is 3. The molecular formula is C21H18F2N6O2. The molecule has 1 aliphatic carbocycles. The van der Waals surface area contributed by atoms with Gasteiger partial charge in [0.15, 0.2) is 5.82 Å². The first-order chi connectivity index (χ1) is 14.9. The van der Waals surface area contributed by atoms with E-state index in [1.807, 2.05) is 0 Å². The second-order valence-corrected chi connectivity index (χ2v) is 7.58. The summed E-state index contributed by atoms with van der Waals surface area (Å²) in [6, 6.07) is 3.51. The molecule has 10 heteroatoms. The highest BCUT2D eigenvalue weighted by atomic mass is 19.1. The van der Waals surface area contributed by atoms with Crippen LogP contribution in [0, 0.1) is 18.7 Å². The van der Waals surface area contributed by atoms with Crippen LogP contribution in [0.3, 0.4) is 0 Å². The molecule has 2 amide bonds. The van der Waals surface area contributed by atoms with Crippen LogP contribution in [0.25, 0.3) is 27.7 Å². The molecule has 8 nitrogen and oxygen atoms in total. The largest absolute Gasteiger partial charge is 0.355 e. The second kappa shape index (κ2) is 6.86. The number of imidazole rings is 1. The van der Waals surface area contributed by atoms with Gasteiger partial charge in [0.1, 0.15) is 23.2 Å². The number of rotatable bonds is 4. The van der Waals surface area contributed by atoms with Crippen molar-refractivity contribution in [2.75, 3.05) is 12.4 Å². The summed E-state index contributed by atoms with van der Waals surface area (Å²) in [5, 5.41) is 12.4. The Balaban J connectivity index is 1.59. The number of fused-ring (bicyclic) bond motifs is 2. The minimum atomic E-state index is -1.09. The van der Waals surface area contributed by atoms with Crippen molar-refractivity contribution >= 4 is 34.2 Å². The van der Waals surface area contributed by atoms with Crippen molar-refractivity contribution in [3.8, 4) is 11.1 Å². The van der Waals surface area contributed by atoms with E-state index in [-0.39, 0.29) is 17.9 Å². The van der Waals surface area contributed by atoms with Gasteiger partial charge in [-0.3, -0.25) is 14.7 Å². The second-order valence-electron chi connectivity index (χ2n) is 7.58. The van der Waals surface area contributed by atoms with Crippen molar-refractivity contribution in [2.24, 2.45) is 5.92 Å². The molecule has 158 valence electrons. The smallest absolute Gasteiger partial charge is 0.256 e. The summed E-state index contributed by atoms with van der Waals surface area (Å²) < 4.78 is 30.0. The number of alkyl halides is 1. The number of aromatic nitrogens is 4. The molecule has 0 aliphatic heterocycles. The molecule has 2 atom stereocenters. The summed E-state index contributed by atoms with van der Waals surface area (Å²) in [7, 11) is 1.44. The number of anilines is 1. The Labute approximate surface area is 174 Å². The van der Waals surface area contributed by atoms with Gasteiger partial charge in [0, 0.05) is 24.2 Å². The number of nitrogens with zero attached hydrogens (tertiary/aromatic N) is 3. The Hall–Kier alpha value is -3.82. The fraction of sp³-hybridized carbons (Fsp3) is 0.238. The first-order valence-electron chi connectivity index (χ1n) is 9.70. The number of amides is 2. The van der Waals surface area contributed by atoms with Crippen molar-refractivity contribution in [2.45, 2.75) is 19.5 Å². The zero-order valence-corrected chi connectivity index (χ0v) is 16.7. The van der Waals surface area contributed by atoms with Crippen LogP contribution in [-0.4, -0.2) is 44.6 Å². The van der Waals surface area contributed by atoms with Gasteiger partial charge in [0.25, 0.3) is 5.91 Å². The van der Waals surface area contributed by atoms with E-state index in [0.29, 0.717) is 39.1 Å². The first kappa shape index (κ1) is 19.2. The van der Waals surface area contributed by atoms with E-state index in [1.165, 1.54) is 7.05 Å². The van der Waals surface area contributed by atoms with Gasteiger partial charge < -0.3 is 15.0 Å². The Bertz CT molecular complexity index is 1380. The van der Waals surface area contributed by atoms with Crippen LogP contribution in [0.1, 0.15) is 22.3 Å². The summed E-state index contributed by atoms with van der Waals surface area (Å²) in [4.78, 5) is 28.5. The van der Waals surface area contributed by atoms with Crippen molar-refractivity contribution < 1.29 is 18.4 Å². The van der Waals surface area contributed by atoms with Gasteiger partial charge in [-0.15, -0.1) is 0 Å². The third-order valence-electron chi connectivity index (χ3n) is 5.58. The van der Waals surface area contributed by atoms with E-state index in [1.54, 1.807) is 42.0 Å². The maximum Gasteiger partial charge on any atom is 0.256 e. The molecule has 3 aromatic heterocycles. The zero-order chi connectivity index (χ0) is 21.9. The SMILES string of the molecule is CNC(=O)c1c(F)c(C)c(-c2ccc3nc(NC(=O)[C@@H]4C[C@@H]4F)cn3c2)c2cn[nH]c12. The molecule has 0 unspecified atom stereocenters. The molecule has 4 aromatic rings. The van der Waals surface area contributed by atoms with Crippen molar-refractivity contribution in [1.82, 2.24) is 24.9 Å². The van der Waals surface area contributed by atoms with E-state index in [9.17, 15) is 14.0 Å². The molecule has 1 aromatic carbocycles. The maximum absolute atomic E-state index is 15.2. The lowest BCUT2D eigenvalue weighted by molar-refractivity contribution is -0.117. The van der Waals surface area contributed by atoms with Gasteiger partial charge in [0.05, 0.1) is 23.8 Å². The van der Waals surface area contributed by atoms with Gasteiger partial charge in [-0.2, -0.15) is 5.10 Å². The molecule has 5 rings (SSSR count). The number of carbonyl (C=O) groups excluding carboxylic acids is 2. The van der Waals surface area contributed by atoms with E-state index < -0.39 is 23.8 Å². The highest BCUT2D eigenvalue weighted by Gasteiger charge is 2.43. The van der Waals surface area contributed by atoms with Crippen LogP contribution < -0.4 is 10.6 Å². The molecule has 3 heterocycles. The summed E-state index contributed by atoms with van der Waals surface area (Å²) >= 11 is 0. The first-order valence-corrected chi connectivity index (χ1v) is 9.70. The summed E-state index contributed by atoms with van der Waals surface area (Å²) in [6.45, 7) is 1.61. The Morgan fingerprint density at radius 1 is 1.29 bits per heavy atom. The molecule has 3 N–H and O–H groups in total. The molecule has 31 heavy (non-hydrogen) atoms. The molecular weight excluding hydrogens is 406 g/mol. The topological polar surface area (TPSA) is 104 Å². The van der Waals surface area contributed by atoms with Gasteiger partial charge in [-0.05, 0) is 36.6 Å². The maximum atomic E-state index is 15.2. The third kappa shape index (κ3) is 3.02. The molecule has 0 spiro atoms. The minimum absolute atomic E-state index is 0.0869. The monoisotopic (exact) mass is 424 g/mol. The predicted octanol–water partition coefficient (Wildman–Crippen LogP) is 2.98. The number of benzene rings is 1. The van der Waals surface area contributed by atoms with E-state index >= 15 is 4.39 Å². The van der Waals surface area contributed by atoms with Gasteiger partial charge in [-0.25, -0.2) is 13.8 Å². The summed E-state index contributed by atoms with van der Waals surface area (Å²) in [6.07, 6.45) is 4.07. The number of H-pyrrole nitrogens is 1. The number of nitrogens with one attached hydrogen (secondary N) is 3. The van der Waals surface area contributed by atoms with E-state index in [0.717, 1.165) is 0 Å². The van der Waals surface area contributed by atoms with Gasteiger partial charge in [0.2, 0.25) is 5.91 Å². The number of pyridine rings is 1. The van der Waals surface area contributed by atoms with Gasteiger partial charge in [-0.1, -0.05) is 0 Å². The normalized spacial score (nSPS) is 17.8. The Morgan fingerprint density at radius 2 is 2.06 bits per heavy atom. The van der Waals surface area contributed by atoms with Crippen LogP contribution in [0.15, 0.2) is 30.7 Å². The van der Waals surface area contributed by atoms with E-state index in [4.69, 9.17) is 0 Å². The number of carbonyl (C=O) groups is 2. The molecule has 0 bridgehead atoms. The molecule has 0 radical (unpaired) electrons. The van der Waals surface area contributed by atoms with Crippen LogP contribution in [0.5, 0.6) is 0 Å². The lowest BCUT2D eigenvalue weighted by atomic mass is 9.94. The van der Waals surface area contributed by atoms with Crippen molar-refractivity contribution in [1.29, 1.82) is 0 Å². The summed E-state index contributed by atoms with van der Waals surface area (Å²) in [5.41, 5.74) is 2.37. The summed E-state index contributed by atoms with van der Waals surface area (Å²) in [5.74, 6) is -1.86. The van der Waals surface area contributed by atoms with Crippen LogP contribution in [0.2, 0.25) is 0 Å². The van der Waals surface area contributed by atoms with Crippen molar-refractivity contribution in [3.05, 3.63) is 47.7 Å². The van der Waals surface area contributed by atoms with Crippen LogP contribution in [0.4, 0.5) is 14.6 Å². The quantitative estimate of drug-likeness (QED) is 0.469. The zero-order valence-electron chi connectivity index (χ0n) is 16.7. The van der Waals surface area contributed by atoms with Gasteiger partial charge >= 0.3 is 0 Å². The fourth-order valence-corrected chi connectivity index (χ4v) is 3.84. The third-order valence-corrected chi connectivity index (χ3v) is 5.58. The van der Waals surface area contributed by atoms with E-state index in [2.05, 4.69) is 25.8 Å². The number of aromatic amines is 1. The van der Waals surface area contributed by atoms with Crippen LogP contribution in [-0.2, 0) is 4.79 Å². The highest BCUT2D eigenvalue weighted by Crippen LogP contribution is 2.36. The molecule has 1 aliphatic rings. The molecule has 1 saturated carbocycles.